The Morgan fingerprint density at radius 1 is 1.17 bits per heavy atom. The van der Waals surface area contributed by atoms with Gasteiger partial charge in [-0.3, -0.25) is 9.69 Å². The van der Waals surface area contributed by atoms with E-state index in [1.165, 1.54) is 0 Å². The van der Waals surface area contributed by atoms with E-state index in [0.717, 1.165) is 4.90 Å². The van der Waals surface area contributed by atoms with E-state index in [4.69, 9.17) is 16.9 Å². The van der Waals surface area contributed by atoms with Crippen molar-refractivity contribution in [2.45, 2.75) is 19.0 Å². The lowest BCUT2D eigenvalue weighted by atomic mass is 9.92. The third-order valence-electron chi connectivity index (χ3n) is 4.16. The number of halogens is 1. The molecule has 0 bridgehead atoms. The lowest BCUT2D eigenvalue weighted by molar-refractivity contribution is -0.131. The molecular weight excluding hydrogens is 326 g/mol. The molecule has 120 valence electrons. The minimum Gasteiger partial charge on any atom is -0.319 e. The van der Waals surface area contributed by atoms with Crippen LogP contribution < -0.4 is 5.32 Å². The van der Waals surface area contributed by atoms with Gasteiger partial charge in [0.1, 0.15) is 5.54 Å². The molecule has 0 aliphatic carbocycles. The topological polar surface area (TPSA) is 73.2 Å². The lowest BCUT2D eigenvalue weighted by Gasteiger charge is -2.22. The van der Waals surface area contributed by atoms with Gasteiger partial charge in [-0.25, -0.2) is 4.79 Å². The lowest BCUT2D eigenvalue weighted by Crippen LogP contribution is -2.40. The highest BCUT2D eigenvalue weighted by atomic mass is 35.5. The fourth-order valence-electron chi connectivity index (χ4n) is 2.76. The normalized spacial score (nSPS) is 20.0. The zero-order chi connectivity index (χ0) is 17.3. The van der Waals surface area contributed by atoms with Crippen molar-refractivity contribution in [2.24, 2.45) is 0 Å². The molecule has 6 heteroatoms. The number of nitriles is 1. The first-order chi connectivity index (χ1) is 11.5. The maximum atomic E-state index is 12.9. The highest BCUT2D eigenvalue weighted by Gasteiger charge is 2.48. The molecule has 1 N–H and O–H groups in total. The van der Waals surface area contributed by atoms with E-state index < -0.39 is 11.6 Å². The average molecular weight is 340 g/mol. The van der Waals surface area contributed by atoms with Crippen molar-refractivity contribution < 1.29 is 9.59 Å². The number of urea groups is 1. The van der Waals surface area contributed by atoms with Crippen LogP contribution in [-0.2, 0) is 16.9 Å². The number of amides is 3. The van der Waals surface area contributed by atoms with Gasteiger partial charge in [-0.05, 0) is 36.2 Å². The number of rotatable bonds is 3. The molecule has 1 heterocycles. The molecule has 1 aliphatic rings. The Kier molecular flexibility index (Phi) is 4.00. The smallest absolute Gasteiger partial charge is 0.319 e. The van der Waals surface area contributed by atoms with Crippen molar-refractivity contribution in [3.05, 3.63) is 70.2 Å². The third-order valence-corrected chi connectivity index (χ3v) is 4.41. The van der Waals surface area contributed by atoms with Crippen LogP contribution in [0.15, 0.2) is 48.5 Å². The first-order valence-electron chi connectivity index (χ1n) is 7.34. The van der Waals surface area contributed by atoms with Gasteiger partial charge in [0.05, 0.1) is 18.2 Å². The SMILES string of the molecule is C[C@]1(c2ccc(Cl)cc2)NC(=O)N(Cc2ccccc2C#N)C1=O. The molecule has 5 nitrogen and oxygen atoms in total. The molecule has 0 aromatic heterocycles. The predicted molar refractivity (Wildman–Crippen MR) is 89.0 cm³/mol. The molecule has 1 saturated heterocycles. The number of carbonyl (C=O) groups excluding carboxylic acids is 2. The quantitative estimate of drug-likeness (QED) is 0.873. The van der Waals surface area contributed by atoms with Gasteiger partial charge in [0.15, 0.2) is 0 Å². The van der Waals surface area contributed by atoms with Gasteiger partial charge in [-0.2, -0.15) is 5.26 Å². The monoisotopic (exact) mass is 339 g/mol. The summed E-state index contributed by atoms with van der Waals surface area (Å²) in [7, 11) is 0. The summed E-state index contributed by atoms with van der Waals surface area (Å²) in [5, 5.41) is 12.5. The van der Waals surface area contributed by atoms with Crippen molar-refractivity contribution in [2.75, 3.05) is 0 Å². The standard InChI is InChI=1S/C18H14ClN3O2/c1-18(14-6-8-15(19)9-7-14)16(23)22(17(24)21-18)11-13-5-3-2-4-12(13)10-20/h2-9H,11H2,1H3,(H,21,24)/t18-/m1/s1. The Hall–Kier alpha value is -2.84. The fourth-order valence-corrected chi connectivity index (χ4v) is 2.88. The number of benzene rings is 2. The van der Waals surface area contributed by atoms with Crippen LogP contribution in [0.5, 0.6) is 0 Å². The number of hydrogen-bond donors (Lipinski definition) is 1. The van der Waals surface area contributed by atoms with Crippen LogP contribution in [0.25, 0.3) is 0 Å². The van der Waals surface area contributed by atoms with Crippen molar-refractivity contribution in [1.29, 1.82) is 5.26 Å². The first-order valence-corrected chi connectivity index (χ1v) is 7.71. The van der Waals surface area contributed by atoms with Gasteiger partial charge in [-0.1, -0.05) is 41.9 Å². The molecule has 1 fully saturated rings. The molecule has 2 aromatic rings. The summed E-state index contributed by atoms with van der Waals surface area (Å²) in [4.78, 5) is 26.3. The maximum Gasteiger partial charge on any atom is 0.325 e. The Balaban J connectivity index is 1.92. The average Bonchev–Trinajstić information content (AvgIpc) is 2.80. The molecule has 24 heavy (non-hydrogen) atoms. The largest absolute Gasteiger partial charge is 0.325 e. The second kappa shape index (κ2) is 5.99. The van der Waals surface area contributed by atoms with Crippen LogP contribution in [0.2, 0.25) is 5.02 Å². The zero-order valence-electron chi connectivity index (χ0n) is 12.9. The predicted octanol–water partition coefficient (Wildman–Crippen LogP) is 3.18. The number of imide groups is 1. The Labute approximate surface area is 144 Å². The van der Waals surface area contributed by atoms with Crippen molar-refractivity contribution in [1.82, 2.24) is 10.2 Å². The van der Waals surface area contributed by atoms with Crippen LogP contribution in [0.1, 0.15) is 23.6 Å². The van der Waals surface area contributed by atoms with Crippen molar-refractivity contribution in [3.8, 4) is 6.07 Å². The Morgan fingerprint density at radius 2 is 1.83 bits per heavy atom. The molecule has 0 saturated carbocycles. The van der Waals surface area contributed by atoms with Gasteiger partial charge < -0.3 is 5.32 Å². The van der Waals surface area contributed by atoms with E-state index in [1.54, 1.807) is 55.5 Å². The third kappa shape index (κ3) is 2.61. The fraction of sp³-hybridized carbons (Fsp3) is 0.167. The number of hydrogen-bond acceptors (Lipinski definition) is 3. The van der Waals surface area contributed by atoms with Crippen LogP contribution in [0, 0.1) is 11.3 Å². The molecule has 0 unspecified atom stereocenters. The van der Waals surface area contributed by atoms with Gasteiger partial charge in [0, 0.05) is 5.02 Å². The van der Waals surface area contributed by atoms with Crippen LogP contribution in [0.4, 0.5) is 4.79 Å². The van der Waals surface area contributed by atoms with Gasteiger partial charge in [0.2, 0.25) is 0 Å². The minimum atomic E-state index is -1.15. The highest BCUT2D eigenvalue weighted by Crippen LogP contribution is 2.30. The Morgan fingerprint density at radius 3 is 2.50 bits per heavy atom. The van der Waals surface area contributed by atoms with E-state index in [9.17, 15) is 9.59 Å². The Bertz CT molecular complexity index is 857. The summed E-state index contributed by atoms with van der Waals surface area (Å²) >= 11 is 5.88. The van der Waals surface area contributed by atoms with E-state index in [0.29, 0.717) is 21.7 Å². The van der Waals surface area contributed by atoms with Crippen molar-refractivity contribution in [3.63, 3.8) is 0 Å². The molecule has 3 amide bonds. The summed E-state index contributed by atoms with van der Waals surface area (Å²) in [5.74, 6) is -0.359. The minimum absolute atomic E-state index is 0.0532. The second-order valence-corrected chi connectivity index (χ2v) is 6.16. The number of nitrogens with zero attached hydrogens (tertiary/aromatic N) is 2. The molecule has 0 spiro atoms. The highest BCUT2D eigenvalue weighted by molar-refractivity contribution is 6.30. The molecule has 1 aliphatic heterocycles. The summed E-state index contributed by atoms with van der Waals surface area (Å²) in [6.07, 6.45) is 0. The number of carbonyl (C=O) groups is 2. The summed E-state index contributed by atoms with van der Waals surface area (Å²) in [5.41, 5.74) is 0.576. The van der Waals surface area contributed by atoms with Gasteiger partial charge >= 0.3 is 6.03 Å². The first kappa shape index (κ1) is 16.0. The zero-order valence-corrected chi connectivity index (χ0v) is 13.7. The van der Waals surface area contributed by atoms with Crippen LogP contribution in [0.3, 0.4) is 0 Å². The second-order valence-electron chi connectivity index (χ2n) is 5.72. The van der Waals surface area contributed by atoms with E-state index in [1.807, 2.05) is 0 Å². The van der Waals surface area contributed by atoms with Gasteiger partial charge in [-0.15, -0.1) is 0 Å². The van der Waals surface area contributed by atoms with E-state index >= 15 is 0 Å². The van der Waals surface area contributed by atoms with Crippen molar-refractivity contribution >= 4 is 23.5 Å². The molecule has 3 rings (SSSR count). The molecular formula is C18H14ClN3O2. The molecule has 2 aromatic carbocycles. The summed E-state index contributed by atoms with van der Waals surface area (Å²) < 4.78 is 0. The van der Waals surface area contributed by atoms with E-state index in [2.05, 4.69) is 11.4 Å². The van der Waals surface area contributed by atoms with Gasteiger partial charge in [0.25, 0.3) is 5.91 Å². The molecule has 1 atom stereocenters. The van der Waals surface area contributed by atoms with Crippen LogP contribution >= 0.6 is 11.6 Å². The number of nitrogens with one attached hydrogen (secondary N) is 1. The van der Waals surface area contributed by atoms with Crippen LogP contribution in [-0.4, -0.2) is 16.8 Å². The maximum absolute atomic E-state index is 12.9. The van der Waals surface area contributed by atoms with E-state index in [-0.39, 0.29) is 12.5 Å². The molecule has 0 radical (unpaired) electrons. The summed E-state index contributed by atoms with van der Waals surface area (Å²) in [6.45, 7) is 1.71. The summed E-state index contributed by atoms with van der Waals surface area (Å²) in [6, 6.07) is 15.3.